The van der Waals surface area contributed by atoms with E-state index in [0.717, 1.165) is 4.90 Å². The number of likely N-dealkylation sites (N-methyl/N-ethyl adjacent to an activating group) is 1. The summed E-state index contributed by atoms with van der Waals surface area (Å²) in [5, 5.41) is 19.7. The Hall–Kier alpha value is -7.15. The van der Waals surface area contributed by atoms with E-state index in [4.69, 9.17) is 31.9 Å². The van der Waals surface area contributed by atoms with Crippen molar-refractivity contribution in [2.24, 2.45) is 17.2 Å². The second-order valence-electron chi connectivity index (χ2n) is 16.5. The molecule has 1 saturated carbocycles. The second kappa shape index (κ2) is 21.6. The summed E-state index contributed by atoms with van der Waals surface area (Å²) in [6.45, 7) is 3.09. The van der Waals surface area contributed by atoms with Crippen LogP contribution < -0.4 is 47.9 Å². The largest absolute Gasteiger partial charge is 0.492 e. The summed E-state index contributed by atoms with van der Waals surface area (Å²) in [5.41, 5.74) is 18.2. The maximum atomic E-state index is 14.6. The predicted molar refractivity (Wildman–Crippen MR) is 242 cm³/mol. The fourth-order valence-electron chi connectivity index (χ4n) is 7.99. The van der Waals surface area contributed by atoms with Gasteiger partial charge in [0.2, 0.25) is 23.6 Å². The molecule has 1 fully saturated rings. The highest BCUT2D eigenvalue weighted by atomic mass is 19.4. The molecule has 18 nitrogen and oxygen atoms in total. The van der Waals surface area contributed by atoms with Crippen LogP contribution in [-0.2, 0) is 31.0 Å². The van der Waals surface area contributed by atoms with Crippen molar-refractivity contribution < 1.29 is 46.6 Å². The molecule has 360 valence electrons. The number of halogens is 3. The molecule has 2 heterocycles. The van der Waals surface area contributed by atoms with Crippen LogP contribution in [0, 0.1) is 18.3 Å². The van der Waals surface area contributed by atoms with Crippen LogP contribution in [-0.4, -0.2) is 115 Å². The average Bonchev–Trinajstić information content (AvgIpc) is 4.14. The number of carbonyl (C=O) groups is 5. The van der Waals surface area contributed by atoms with Crippen LogP contribution in [0.3, 0.4) is 0 Å². The number of alkyl halides is 3. The van der Waals surface area contributed by atoms with Gasteiger partial charge in [0.25, 0.3) is 5.91 Å². The van der Waals surface area contributed by atoms with Crippen LogP contribution >= 0.6 is 0 Å². The number of nitrogens with one attached hydrogen (secondary N) is 4. The zero-order chi connectivity index (χ0) is 49.3. The Kier molecular flexibility index (Phi) is 16.0. The topological polar surface area (TPSA) is 283 Å². The third-order valence-electron chi connectivity index (χ3n) is 11.8. The summed E-state index contributed by atoms with van der Waals surface area (Å²) in [7, 11) is 1.36. The van der Waals surface area contributed by atoms with Gasteiger partial charge in [-0.2, -0.15) is 18.4 Å². The first-order valence-corrected chi connectivity index (χ1v) is 21.9. The Labute approximate surface area is 390 Å². The standard InChI is InChI=1S/C47H54F3N11O7/c1-26-34(25-56-40(57-26)29-5-8-31(9-6-29)46(13-14-46)47(48,49)50)42(63)59-35(12-15-51)45(66)61(3)39-30-7-11-38(68-21-18-54)33(24-30)32-22-28(4-10-37(32)67-20-17-53)23-36(43(64)55-19-16-52)60-41(62)27(2)58-44(39)65/h4-11,22,24-25,27,35-36,39H,12-15,17-21,23,51,53-54H2,1-3H3,(H,55,64)(H,58,65)(H,59,63)(H,60,62)/t27-,35?,36-,39-/m0/s1. The number of nitriles is 1. The number of fused-ring (bicyclic) bond motifs is 5. The smallest absolute Gasteiger partial charge is 0.398 e. The van der Waals surface area contributed by atoms with Crippen LogP contribution in [0.25, 0.3) is 22.5 Å². The van der Waals surface area contributed by atoms with Crippen molar-refractivity contribution in [1.82, 2.24) is 36.1 Å². The van der Waals surface area contributed by atoms with Gasteiger partial charge < -0.3 is 52.8 Å². The van der Waals surface area contributed by atoms with Crippen molar-refractivity contribution in [3.05, 3.63) is 94.8 Å². The molecule has 4 atom stereocenters. The highest BCUT2D eigenvalue weighted by Crippen LogP contribution is 2.59. The van der Waals surface area contributed by atoms with Crippen LogP contribution in [0.2, 0.25) is 0 Å². The molecule has 0 saturated heterocycles. The van der Waals surface area contributed by atoms with Gasteiger partial charge in [0, 0.05) is 49.4 Å². The van der Waals surface area contributed by atoms with Crippen molar-refractivity contribution in [2.45, 2.75) is 75.3 Å². The third-order valence-corrected chi connectivity index (χ3v) is 11.8. The number of benzene rings is 3. The van der Waals surface area contributed by atoms with Crippen LogP contribution in [0.1, 0.15) is 65.0 Å². The van der Waals surface area contributed by atoms with Gasteiger partial charge in [-0.1, -0.05) is 36.4 Å². The molecule has 1 aliphatic heterocycles. The average molecular weight is 942 g/mol. The first-order valence-electron chi connectivity index (χ1n) is 21.9. The molecular formula is C47H54F3N11O7. The van der Waals surface area contributed by atoms with E-state index in [1.165, 1.54) is 44.4 Å². The lowest BCUT2D eigenvalue weighted by molar-refractivity contribution is -0.160. The predicted octanol–water partition coefficient (Wildman–Crippen LogP) is 2.22. The van der Waals surface area contributed by atoms with Crippen LogP contribution in [0.15, 0.2) is 66.9 Å². The van der Waals surface area contributed by atoms with E-state index in [9.17, 15) is 37.1 Å². The molecule has 1 unspecified atom stereocenters. The van der Waals surface area contributed by atoms with E-state index >= 15 is 0 Å². The molecule has 1 aromatic heterocycles. The molecule has 6 rings (SSSR count). The van der Waals surface area contributed by atoms with E-state index in [-0.39, 0.29) is 93.3 Å². The lowest BCUT2D eigenvalue weighted by Crippen LogP contribution is -2.56. The number of carbonyl (C=O) groups excluding carboxylic acids is 5. The zero-order valence-corrected chi connectivity index (χ0v) is 37.7. The van der Waals surface area contributed by atoms with E-state index < -0.39 is 65.3 Å². The zero-order valence-electron chi connectivity index (χ0n) is 37.7. The number of amides is 5. The fraction of sp³-hybridized carbons (Fsp3) is 0.404. The van der Waals surface area contributed by atoms with Crippen molar-refractivity contribution in [1.29, 1.82) is 5.26 Å². The first kappa shape index (κ1) is 50.3. The minimum absolute atomic E-state index is 0.000344. The lowest BCUT2D eigenvalue weighted by atomic mass is 9.93. The van der Waals surface area contributed by atoms with Crippen molar-refractivity contribution >= 4 is 29.5 Å². The molecule has 4 aromatic rings. The summed E-state index contributed by atoms with van der Waals surface area (Å²) < 4.78 is 53.3. The number of ether oxygens (including phenoxy) is 2. The van der Waals surface area contributed by atoms with Gasteiger partial charge in [0.1, 0.15) is 55.4 Å². The van der Waals surface area contributed by atoms with Crippen molar-refractivity contribution in [2.75, 3.05) is 46.4 Å². The number of aromatic nitrogens is 2. The highest BCUT2D eigenvalue weighted by molar-refractivity contribution is 6.00. The molecule has 4 bridgehead atoms. The number of hydrogen-bond donors (Lipinski definition) is 7. The maximum Gasteiger partial charge on any atom is 0.398 e. The number of rotatable bonds is 16. The Morgan fingerprint density at radius 3 is 2.18 bits per heavy atom. The van der Waals surface area contributed by atoms with E-state index in [1.807, 2.05) is 6.07 Å². The van der Waals surface area contributed by atoms with Gasteiger partial charge in [-0.15, -0.1) is 0 Å². The molecular weight excluding hydrogens is 888 g/mol. The minimum atomic E-state index is -4.37. The van der Waals surface area contributed by atoms with E-state index in [0.29, 0.717) is 33.8 Å². The first-order chi connectivity index (χ1) is 32.5. The van der Waals surface area contributed by atoms with Gasteiger partial charge in [0.05, 0.1) is 22.7 Å². The molecule has 10 N–H and O–H groups in total. The highest BCUT2D eigenvalue weighted by Gasteiger charge is 2.64. The summed E-state index contributed by atoms with van der Waals surface area (Å²) in [4.78, 5) is 80.0. The van der Waals surface area contributed by atoms with Crippen LogP contribution in [0.5, 0.6) is 11.5 Å². The monoisotopic (exact) mass is 941 g/mol. The molecule has 1 aliphatic carbocycles. The van der Waals surface area contributed by atoms with Gasteiger partial charge in [-0.25, -0.2) is 9.97 Å². The molecule has 0 spiro atoms. The minimum Gasteiger partial charge on any atom is -0.492 e. The quantitative estimate of drug-likeness (QED) is 0.0795. The molecule has 2 aliphatic rings. The van der Waals surface area contributed by atoms with Crippen LogP contribution in [0.4, 0.5) is 13.2 Å². The maximum absolute atomic E-state index is 14.6. The van der Waals surface area contributed by atoms with E-state index in [2.05, 4.69) is 31.2 Å². The second-order valence-corrected chi connectivity index (χ2v) is 16.5. The van der Waals surface area contributed by atoms with Gasteiger partial charge in [0.15, 0.2) is 5.82 Å². The summed E-state index contributed by atoms with van der Waals surface area (Å²) >= 11 is 0. The number of hydrogen-bond acceptors (Lipinski definition) is 13. The normalized spacial score (nSPS) is 18.1. The molecule has 5 amide bonds. The number of aryl methyl sites for hydroxylation is 1. The van der Waals surface area contributed by atoms with Crippen molar-refractivity contribution in [3.8, 4) is 40.1 Å². The van der Waals surface area contributed by atoms with Gasteiger partial charge >= 0.3 is 6.18 Å². The summed E-state index contributed by atoms with van der Waals surface area (Å²) in [5.74, 6) is -2.82. The Bertz CT molecular complexity index is 2570. The third kappa shape index (κ3) is 11.2. The number of nitrogens with two attached hydrogens (primary N) is 3. The fourth-order valence-corrected chi connectivity index (χ4v) is 7.99. The summed E-state index contributed by atoms with van der Waals surface area (Å²) in [6.07, 6.45) is -3.20. The molecule has 68 heavy (non-hydrogen) atoms. The Morgan fingerprint density at radius 1 is 0.941 bits per heavy atom. The van der Waals surface area contributed by atoms with Gasteiger partial charge in [-0.3, -0.25) is 24.0 Å². The summed E-state index contributed by atoms with van der Waals surface area (Å²) in [6, 6.07) is 12.4. The Morgan fingerprint density at radius 2 is 1.59 bits per heavy atom. The SMILES string of the molecule is Cc1nc(-c2ccc(C3(C(F)(F)F)CC3)cc2)ncc1C(=O)NC(CCN)C(=O)N(C)[C@@H]1C(=O)N[C@@H](C)C(=O)N[C@H](C(=O)NCC#N)Cc2ccc(OCCN)c(c2)-c2cc1ccc2OCCN. The Balaban J connectivity index is 1.35. The molecule has 0 radical (unpaired) electrons. The number of nitrogens with zero attached hydrogens (tertiary/aromatic N) is 4. The molecule has 3 aromatic carbocycles. The van der Waals surface area contributed by atoms with Crippen molar-refractivity contribution in [3.63, 3.8) is 0 Å². The lowest BCUT2D eigenvalue weighted by Gasteiger charge is -2.32. The van der Waals surface area contributed by atoms with Gasteiger partial charge in [-0.05, 0) is 80.6 Å². The van der Waals surface area contributed by atoms with E-state index in [1.54, 1.807) is 43.3 Å². The molecule has 21 heteroatoms.